The Labute approximate surface area is 211 Å². The van der Waals surface area contributed by atoms with Gasteiger partial charge in [0.15, 0.2) is 0 Å². The number of unbranched alkanes of at least 4 members (excludes halogenated alkanes) is 3. The molecule has 0 heterocycles. The van der Waals surface area contributed by atoms with Crippen molar-refractivity contribution >= 4 is 52.1 Å². The topological polar surface area (TPSA) is 61.4 Å². The number of hydrogen-bond donors (Lipinski definition) is 2. The van der Waals surface area contributed by atoms with Crippen molar-refractivity contribution in [1.29, 1.82) is 0 Å². The molecule has 0 aliphatic carbocycles. The van der Waals surface area contributed by atoms with E-state index >= 15 is 0 Å². The minimum Gasteiger partial charge on any atom is -0.359 e. The Bertz CT molecular complexity index is 1060. The Morgan fingerprint density at radius 1 is 0.765 bits per heavy atom. The molecule has 0 spiro atoms. The maximum absolute atomic E-state index is 12.6. The summed E-state index contributed by atoms with van der Waals surface area (Å²) in [7, 11) is 1.65. The van der Waals surface area contributed by atoms with Crippen LogP contribution in [0.5, 0.6) is 0 Å². The lowest BCUT2D eigenvalue weighted by molar-refractivity contribution is -0.120. The zero-order valence-corrected chi connectivity index (χ0v) is 20.7. The van der Waals surface area contributed by atoms with Crippen molar-refractivity contribution in [2.45, 2.75) is 32.1 Å². The van der Waals surface area contributed by atoms with Gasteiger partial charge >= 0.3 is 0 Å². The third-order valence-electron chi connectivity index (χ3n) is 5.42. The van der Waals surface area contributed by atoms with Gasteiger partial charge in [-0.05, 0) is 73.5 Å². The van der Waals surface area contributed by atoms with Crippen LogP contribution in [0.25, 0.3) is 0 Å². The zero-order chi connectivity index (χ0) is 24.3. The Hall–Kier alpha value is -3.02. The van der Waals surface area contributed by atoms with E-state index in [4.69, 9.17) is 23.2 Å². The zero-order valence-electron chi connectivity index (χ0n) is 19.2. The van der Waals surface area contributed by atoms with Crippen LogP contribution in [0.15, 0.2) is 72.8 Å². The van der Waals surface area contributed by atoms with E-state index in [1.165, 1.54) is 0 Å². The van der Waals surface area contributed by atoms with Crippen LogP contribution in [-0.4, -0.2) is 25.4 Å². The fourth-order valence-corrected chi connectivity index (χ4v) is 4.00. The van der Waals surface area contributed by atoms with E-state index in [-0.39, 0.29) is 11.8 Å². The first-order valence-electron chi connectivity index (χ1n) is 11.4. The number of halogens is 2. The van der Waals surface area contributed by atoms with Gasteiger partial charge in [0.05, 0.1) is 0 Å². The highest BCUT2D eigenvalue weighted by Gasteiger charge is 2.14. The molecule has 7 heteroatoms. The van der Waals surface area contributed by atoms with Crippen LogP contribution in [0, 0.1) is 0 Å². The molecular formula is C27H29Cl2N3O2. The molecule has 0 fully saturated rings. The van der Waals surface area contributed by atoms with Crippen molar-refractivity contribution in [2.24, 2.45) is 0 Å². The summed E-state index contributed by atoms with van der Waals surface area (Å²) in [5, 5.41) is 6.86. The second-order valence-corrected chi connectivity index (χ2v) is 8.81. The number of benzene rings is 3. The number of nitrogens with zero attached hydrogens (tertiary/aromatic N) is 1. The lowest BCUT2D eigenvalue weighted by Crippen LogP contribution is -2.24. The molecule has 3 rings (SSSR count). The number of nitrogens with one attached hydrogen (secondary N) is 2. The van der Waals surface area contributed by atoms with E-state index in [0.29, 0.717) is 28.6 Å². The molecule has 2 N–H and O–H groups in total. The van der Waals surface area contributed by atoms with Crippen LogP contribution in [0.4, 0.5) is 17.1 Å². The molecule has 0 atom stereocenters. The smallest absolute Gasteiger partial charge is 0.251 e. The summed E-state index contributed by atoms with van der Waals surface area (Å²) in [6, 6.07) is 22.6. The SMILES string of the molecule is CNC(=O)CCCCCCNC(=O)c1ccc(N(c2cccc(Cl)c2)c2cccc(Cl)c2)cc1. The van der Waals surface area contributed by atoms with Crippen molar-refractivity contribution in [3.63, 3.8) is 0 Å². The number of hydrogen-bond acceptors (Lipinski definition) is 3. The normalized spacial score (nSPS) is 10.6. The first kappa shape index (κ1) is 25.6. The molecule has 0 aliphatic rings. The molecule has 34 heavy (non-hydrogen) atoms. The minimum atomic E-state index is -0.103. The second-order valence-electron chi connectivity index (χ2n) is 7.94. The van der Waals surface area contributed by atoms with Crippen LogP contribution in [-0.2, 0) is 4.79 Å². The van der Waals surface area contributed by atoms with Crippen molar-refractivity contribution < 1.29 is 9.59 Å². The molecule has 0 bridgehead atoms. The molecule has 0 unspecified atom stereocenters. The summed E-state index contributed by atoms with van der Waals surface area (Å²) in [6.07, 6.45) is 4.25. The molecule has 5 nitrogen and oxygen atoms in total. The van der Waals surface area contributed by atoms with Gasteiger partial charge in [-0.15, -0.1) is 0 Å². The Kier molecular flexibility index (Phi) is 9.80. The number of carbonyl (C=O) groups excluding carboxylic acids is 2. The minimum absolute atomic E-state index is 0.0704. The van der Waals surface area contributed by atoms with E-state index in [1.54, 1.807) is 7.05 Å². The number of amides is 2. The molecule has 0 aromatic heterocycles. The average molecular weight is 498 g/mol. The molecule has 3 aromatic rings. The molecule has 0 radical (unpaired) electrons. The maximum Gasteiger partial charge on any atom is 0.251 e. The fourth-order valence-electron chi connectivity index (χ4n) is 3.63. The van der Waals surface area contributed by atoms with E-state index in [9.17, 15) is 9.59 Å². The van der Waals surface area contributed by atoms with Gasteiger partial charge in [-0.3, -0.25) is 9.59 Å². The van der Waals surface area contributed by atoms with E-state index in [0.717, 1.165) is 42.7 Å². The van der Waals surface area contributed by atoms with Gasteiger partial charge in [0.2, 0.25) is 5.91 Å². The van der Waals surface area contributed by atoms with Crippen LogP contribution in [0.1, 0.15) is 42.5 Å². The molecule has 2 amide bonds. The van der Waals surface area contributed by atoms with Gasteiger partial charge in [0, 0.05) is 52.7 Å². The fraction of sp³-hybridized carbons (Fsp3) is 0.259. The predicted molar refractivity (Wildman–Crippen MR) is 141 cm³/mol. The number of carbonyl (C=O) groups is 2. The van der Waals surface area contributed by atoms with Crippen molar-refractivity contribution in [1.82, 2.24) is 10.6 Å². The van der Waals surface area contributed by atoms with Gasteiger partial charge < -0.3 is 15.5 Å². The standard InChI is InChI=1S/C27H29Cl2N3O2/c1-30-26(33)12-4-2-3-5-17-31-27(34)20-13-15-23(16-14-20)32(24-10-6-8-21(28)18-24)25-11-7-9-22(29)19-25/h6-11,13-16,18-19H,2-5,12,17H2,1H3,(H,30,33)(H,31,34). The highest BCUT2D eigenvalue weighted by Crippen LogP contribution is 2.36. The first-order valence-corrected chi connectivity index (χ1v) is 12.1. The van der Waals surface area contributed by atoms with Crippen LogP contribution in [0.2, 0.25) is 10.0 Å². The summed E-state index contributed by atoms with van der Waals surface area (Å²) in [4.78, 5) is 25.8. The van der Waals surface area contributed by atoms with Gasteiger partial charge in [-0.25, -0.2) is 0 Å². The Morgan fingerprint density at radius 3 is 1.91 bits per heavy atom. The molecule has 0 aliphatic heterocycles. The van der Waals surface area contributed by atoms with Crippen molar-refractivity contribution in [3.8, 4) is 0 Å². The summed E-state index contributed by atoms with van der Waals surface area (Å²) in [5.74, 6) is -0.0324. The third-order valence-corrected chi connectivity index (χ3v) is 5.89. The molecule has 0 saturated heterocycles. The molecule has 0 saturated carbocycles. The summed E-state index contributed by atoms with van der Waals surface area (Å²) < 4.78 is 0. The number of rotatable bonds is 11. The summed E-state index contributed by atoms with van der Waals surface area (Å²) in [5.41, 5.74) is 3.27. The van der Waals surface area contributed by atoms with Gasteiger partial charge in [-0.2, -0.15) is 0 Å². The van der Waals surface area contributed by atoms with Crippen LogP contribution < -0.4 is 15.5 Å². The lowest BCUT2D eigenvalue weighted by atomic mass is 10.1. The summed E-state index contributed by atoms with van der Waals surface area (Å²) >= 11 is 12.5. The second kappa shape index (κ2) is 13.0. The predicted octanol–water partition coefficient (Wildman–Crippen LogP) is 6.89. The maximum atomic E-state index is 12.6. The first-order chi connectivity index (χ1) is 16.5. The van der Waals surface area contributed by atoms with Gasteiger partial charge in [0.1, 0.15) is 0 Å². The van der Waals surface area contributed by atoms with E-state index < -0.39 is 0 Å². The lowest BCUT2D eigenvalue weighted by Gasteiger charge is -2.26. The largest absolute Gasteiger partial charge is 0.359 e. The number of anilines is 3. The Balaban J connectivity index is 1.62. The monoisotopic (exact) mass is 497 g/mol. The van der Waals surface area contributed by atoms with Crippen molar-refractivity contribution in [3.05, 3.63) is 88.4 Å². The van der Waals surface area contributed by atoms with E-state index in [1.807, 2.05) is 77.7 Å². The average Bonchev–Trinajstić information content (AvgIpc) is 2.84. The Morgan fingerprint density at radius 2 is 1.35 bits per heavy atom. The van der Waals surface area contributed by atoms with Gasteiger partial charge in [-0.1, -0.05) is 48.2 Å². The van der Waals surface area contributed by atoms with Crippen LogP contribution >= 0.6 is 23.2 Å². The van der Waals surface area contributed by atoms with Crippen molar-refractivity contribution in [2.75, 3.05) is 18.5 Å². The highest BCUT2D eigenvalue weighted by molar-refractivity contribution is 6.31. The third kappa shape index (κ3) is 7.51. The van der Waals surface area contributed by atoms with Crippen LogP contribution in [0.3, 0.4) is 0 Å². The van der Waals surface area contributed by atoms with Gasteiger partial charge in [0.25, 0.3) is 5.91 Å². The van der Waals surface area contributed by atoms with E-state index in [2.05, 4.69) is 10.6 Å². The quantitative estimate of drug-likeness (QED) is 0.283. The molecule has 178 valence electrons. The summed E-state index contributed by atoms with van der Waals surface area (Å²) in [6.45, 7) is 0.609. The highest BCUT2D eigenvalue weighted by atomic mass is 35.5. The molecule has 3 aromatic carbocycles. The molecular weight excluding hydrogens is 469 g/mol.